The summed E-state index contributed by atoms with van der Waals surface area (Å²) in [6.07, 6.45) is 3.24. The fourth-order valence-electron chi connectivity index (χ4n) is 5.06. The lowest BCUT2D eigenvalue weighted by atomic mass is 9.98. The minimum absolute atomic E-state index is 0.412. The van der Waals surface area contributed by atoms with E-state index in [9.17, 15) is 0 Å². The quantitative estimate of drug-likeness (QED) is 0.275. The van der Waals surface area contributed by atoms with Gasteiger partial charge in [0.2, 0.25) is 0 Å². The maximum Gasteiger partial charge on any atom is 0.169 e. The zero-order chi connectivity index (χ0) is 24.3. The molecule has 1 aliphatic heterocycles. The summed E-state index contributed by atoms with van der Waals surface area (Å²) in [5.74, 6) is 1.76. The van der Waals surface area contributed by atoms with Crippen molar-refractivity contribution in [2.75, 3.05) is 0 Å². The summed E-state index contributed by atoms with van der Waals surface area (Å²) in [4.78, 5) is 0.708. The molecule has 6 heteroatoms. The van der Waals surface area contributed by atoms with Crippen LogP contribution in [-0.2, 0) is 26.1 Å². The van der Waals surface area contributed by atoms with Crippen molar-refractivity contribution in [1.82, 2.24) is 19.5 Å². The van der Waals surface area contributed by atoms with Crippen LogP contribution in [0.5, 0.6) is 5.75 Å². The third-order valence-electron chi connectivity index (χ3n) is 6.75. The molecule has 0 saturated heterocycles. The third-order valence-corrected chi connectivity index (χ3v) is 7.08. The molecule has 0 saturated carbocycles. The molecule has 5 nitrogen and oxygen atoms in total. The van der Waals surface area contributed by atoms with E-state index in [0.29, 0.717) is 18.1 Å². The Labute approximate surface area is 216 Å². The van der Waals surface area contributed by atoms with Crippen LogP contribution in [0.1, 0.15) is 35.5 Å². The summed E-state index contributed by atoms with van der Waals surface area (Å²) < 4.78 is 10.5. The van der Waals surface area contributed by atoms with Gasteiger partial charge in [-0.3, -0.25) is 0 Å². The molecule has 0 aliphatic carbocycles. The van der Waals surface area contributed by atoms with Crippen molar-refractivity contribution >= 4 is 22.9 Å². The van der Waals surface area contributed by atoms with E-state index in [1.54, 1.807) is 0 Å². The van der Waals surface area contributed by atoms with Gasteiger partial charge in [0.15, 0.2) is 5.82 Å². The van der Waals surface area contributed by atoms with Crippen molar-refractivity contribution in [2.24, 2.45) is 0 Å². The largest absolute Gasteiger partial charge is 0.486 e. The third kappa shape index (κ3) is 4.29. The average molecular weight is 493 g/mol. The summed E-state index contributed by atoms with van der Waals surface area (Å²) in [5.41, 5.74) is 6.96. The Morgan fingerprint density at radius 2 is 1.58 bits per heavy atom. The zero-order valence-corrected chi connectivity index (χ0v) is 20.9. The Morgan fingerprint density at radius 1 is 0.889 bits per heavy atom. The molecule has 6 rings (SSSR count). The van der Waals surface area contributed by atoms with Crippen LogP contribution in [0.3, 0.4) is 0 Å². The number of benzene rings is 3. The number of hydrogen-bond donors (Lipinski definition) is 1. The van der Waals surface area contributed by atoms with Crippen molar-refractivity contribution in [3.05, 3.63) is 114 Å². The van der Waals surface area contributed by atoms with Crippen molar-refractivity contribution < 1.29 is 4.74 Å². The standard InChI is InChI=1S/C30H28N4OS/c36-29(31-20-22-12-4-1-5-13-22)28-27(23-14-6-2-7-15-23)25-18-10-11-19-33-26(32-34(28)30(25)33)21-35-24-16-8-3-9-17-24/h1-9,12-17H,10-11,18-21H2,(H,31,36). The fourth-order valence-corrected chi connectivity index (χ4v) is 5.32. The van der Waals surface area contributed by atoms with Crippen LogP contribution in [0.4, 0.5) is 0 Å². The Bertz CT molecular complexity index is 1490. The molecule has 1 aliphatic rings. The van der Waals surface area contributed by atoms with E-state index in [-0.39, 0.29) is 0 Å². The van der Waals surface area contributed by atoms with E-state index in [1.807, 2.05) is 36.4 Å². The van der Waals surface area contributed by atoms with Gasteiger partial charge in [0.1, 0.15) is 28.7 Å². The summed E-state index contributed by atoms with van der Waals surface area (Å²) >= 11 is 6.03. The van der Waals surface area contributed by atoms with E-state index in [1.165, 1.54) is 22.3 Å². The molecule has 36 heavy (non-hydrogen) atoms. The minimum atomic E-state index is 0.412. The van der Waals surface area contributed by atoms with Gasteiger partial charge >= 0.3 is 0 Å². The fraction of sp³-hybridized carbons (Fsp3) is 0.200. The van der Waals surface area contributed by atoms with Crippen LogP contribution in [0.15, 0.2) is 91.0 Å². The van der Waals surface area contributed by atoms with Gasteiger partial charge in [0, 0.05) is 24.2 Å². The van der Waals surface area contributed by atoms with Crippen LogP contribution in [0, 0.1) is 0 Å². The number of aryl methyl sites for hydroxylation is 2. The molecule has 0 spiro atoms. The van der Waals surface area contributed by atoms with Crippen molar-refractivity contribution in [3.8, 4) is 16.9 Å². The topological polar surface area (TPSA) is 43.5 Å². The Morgan fingerprint density at radius 3 is 2.33 bits per heavy atom. The van der Waals surface area contributed by atoms with E-state index >= 15 is 0 Å². The Balaban J connectivity index is 1.45. The van der Waals surface area contributed by atoms with E-state index in [4.69, 9.17) is 22.1 Å². The Hall–Kier alpha value is -3.90. The summed E-state index contributed by atoms with van der Waals surface area (Å²) in [5, 5.41) is 8.60. The van der Waals surface area contributed by atoms with Crippen LogP contribution < -0.4 is 10.1 Å². The van der Waals surface area contributed by atoms with Crippen LogP contribution in [0.2, 0.25) is 0 Å². The Kier molecular flexibility index (Phi) is 6.26. The molecule has 0 amide bonds. The molecule has 0 fully saturated rings. The zero-order valence-electron chi connectivity index (χ0n) is 20.1. The molecule has 0 atom stereocenters. The average Bonchev–Trinajstić information content (AvgIpc) is 3.34. The van der Waals surface area contributed by atoms with E-state index in [2.05, 4.69) is 69.0 Å². The highest BCUT2D eigenvalue weighted by atomic mass is 32.1. The molecule has 5 aromatic rings. The second-order valence-corrected chi connectivity index (χ2v) is 9.51. The molecule has 0 unspecified atom stereocenters. The highest BCUT2D eigenvalue weighted by Crippen LogP contribution is 2.37. The first-order valence-electron chi connectivity index (χ1n) is 12.5. The SMILES string of the molecule is S=C(NCc1ccccc1)c1c(-c2ccccc2)c2c3n(c(COc4ccccc4)nn13)CCCC2. The van der Waals surface area contributed by atoms with Gasteiger partial charge in [-0.2, -0.15) is 0 Å². The second kappa shape index (κ2) is 9.99. The number of thiocarbonyl (C=S) groups is 1. The van der Waals surface area contributed by atoms with Crippen molar-refractivity contribution in [3.63, 3.8) is 0 Å². The number of nitrogens with zero attached hydrogens (tertiary/aromatic N) is 3. The number of rotatable bonds is 7. The van der Waals surface area contributed by atoms with Gasteiger partial charge in [-0.15, -0.1) is 5.10 Å². The summed E-state index contributed by atoms with van der Waals surface area (Å²) in [6.45, 7) is 2.00. The molecule has 3 aromatic carbocycles. The van der Waals surface area contributed by atoms with Gasteiger partial charge in [0.05, 0.1) is 0 Å². The molecule has 1 N–H and O–H groups in total. The van der Waals surface area contributed by atoms with Crippen LogP contribution in [0.25, 0.3) is 16.8 Å². The van der Waals surface area contributed by atoms with Gasteiger partial charge in [-0.25, -0.2) is 4.52 Å². The first-order valence-corrected chi connectivity index (χ1v) is 12.9. The first-order chi connectivity index (χ1) is 17.8. The monoisotopic (exact) mass is 492 g/mol. The van der Waals surface area contributed by atoms with Crippen molar-refractivity contribution in [1.29, 1.82) is 0 Å². The van der Waals surface area contributed by atoms with Crippen molar-refractivity contribution in [2.45, 2.75) is 39.0 Å². The normalized spacial score (nSPS) is 12.9. The van der Waals surface area contributed by atoms with Gasteiger partial charge in [-0.1, -0.05) is 91.1 Å². The maximum absolute atomic E-state index is 6.11. The molecular formula is C30H28N4OS. The lowest BCUT2D eigenvalue weighted by molar-refractivity contribution is 0.288. The number of ether oxygens (including phenoxy) is 1. The molecule has 2 aromatic heterocycles. The molecule has 0 bridgehead atoms. The van der Waals surface area contributed by atoms with Gasteiger partial charge < -0.3 is 14.6 Å². The van der Waals surface area contributed by atoms with Crippen LogP contribution >= 0.6 is 12.2 Å². The highest BCUT2D eigenvalue weighted by Gasteiger charge is 2.29. The van der Waals surface area contributed by atoms with Crippen LogP contribution in [-0.4, -0.2) is 19.2 Å². The number of aromatic nitrogens is 3. The predicted molar refractivity (Wildman–Crippen MR) is 147 cm³/mol. The van der Waals surface area contributed by atoms with E-state index < -0.39 is 0 Å². The summed E-state index contributed by atoms with van der Waals surface area (Å²) in [6, 6.07) is 30.8. The van der Waals surface area contributed by atoms with Gasteiger partial charge in [0.25, 0.3) is 0 Å². The highest BCUT2D eigenvalue weighted by molar-refractivity contribution is 7.80. The number of para-hydroxylation sites is 1. The molecule has 0 radical (unpaired) electrons. The second-order valence-electron chi connectivity index (χ2n) is 9.10. The molecular weight excluding hydrogens is 464 g/mol. The maximum atomic E-state index is 6.11. The van der Waals surface area contributed by atoms with E-state index in [0.717, 1.165) is 48.7 Å². The number of hydrogen-bond acceptors (Lipinski definition) is 3. The summed E-state index contributed by atoms with van der Waals surface area (Å²) in [7, 11) is 0. The minimum Gasteiger partial charge on any atom is -0.486 e. The molecule has 180 valence electrons. The molecule has 3 heterocycles. The lowest BCUT2D eigenvalue weighted by Gasteiger charge is -2.12. The predicted octanol–water partition coefficient (Wildman–Crippen LogP) is 6.18. The smallest absolute Gasteiger partial charge is 0.169 e. The lowest BCUT2D eigenvalue weighted by Crippen LogP contribution is -2.24. The van der Waals surface area contributed by atoms with Gasteiger partial charge in [-0.05, 0) is 42.5 Å². The number of nitrogens with one attached hydrogen (secondary N) is 1. The first kappa shape index (κ1) is 22.6.